The molecule has 7 nitrogen and oxygen atoms in total. The van der Waals surface area contributed by atoms with Gasteiger partial charge in [0.05, 0.1) is 50.8 Å². The molecule has 22 heavy (non-hydrogen) atoms. The Bertz CT molecular complexity index is 281. The van der Waals surface area contributed by atoms with Crippen molar-refractivity contribution in [3.63, 3.8) is 0 Å². The first kappa shape index (κ1) is 23.3. The summed E-state index contributed by atoms with van der Waals surface area (Å²) in [6.45, 7) is 11.5. The molecule has 132 valence electrons. The van der Waals surface area contributed by atoms with Crippen LogP contribution in [-0.2, 0) is 19.0 Å². The third-order valence-electron chi connectivity index (χ3n) is 2.28. The highest BCUT2D eigenvalue weighted by molar-refractivity contribution is 5.78. The number of carboxylic acids is 1. The minimum Gasteiger partial charge on any atom is -0.478 e. The molecule has 0 amide bonds. The summed E-state index contributed by atoms with van der Waals surface area (Å²) in [7, 11) is 0. The molecule has 0 heterocycles. The number of carboxylic acid groups (broad SMARTS) is 1. The highest BCUT2D eigenvalue weighted by Gasteiger charge is 2.09. The van der Waals surface area contributed by atoms with Crippen LogP contribution in [0.2, 0.25) is 0 Å². The lowest BCUT2D eigenvalue weighted by Gasteiger charge is -2.19. The van der Waals surface area contributed by atoms with E-state index < -0.39 is 12.1 Å². The predicted octanol–water partition coefficient (Wildman–Crippen LogP) is 0.832. The quantitative estimate of drug-likeness (QED) is 0.484. The molecule has 0 aromatic heterocycles. The van der Waals surface area contributed by atoms with Crippen LogP contribution in [0.15, 0.2) is 12.7 Å². The Morgan fingerprint density at radius 1 is 1.00 bits per heavy atom. The van der Waals surface area contributed by atoms with Gasteiger partial charge in [0.15, 0.2) is 0 Å². The summed E-state index contributed by atoms with van der Waals surface area (Å²) in [5.74, 6) is -0.981. The van der Waals surface area contributed by atoms with Crippen molar-refractivity contribution in [2.75, 3.05) is 26.4 Å². The summed E-state index contributed by atoms with van der Waals surface area (Å²) in [5, 5.41) is 25.4. The normalized spacial score (nSPS) is 15.9. The zero-order chi connectivity index (χ0) is 17.5. The monoisotopic (exact) mass is 322 g/mol. The second-order valence-electron chi connectivity index (χ2n) is 5.01. The van der Waals surface area contributed by atoms with Crippen LogP contribution in [-0.4, -0.2) is 72.1 Å². The van der Waals surface area contributed by atoms with Gasteiger partial charge in [-0.2, -0.15) is 0 Å². The topological polar surface area (TPSA) is 105 Å². The Morgan fingerprint density at radius 2 is 1.36 bits per heavy atom. The highest BCUT2D eigenvalue weighted by atomic mass is 16.6. The summed E-state index contributed by atoms with van der Waals surface area (Å²) in [6, 6.07) is 0. The van der Waals surface area contributed by atoms with Crippen LogP contribution < -0.4 is 0 Å². The summed E-state index contributed by atoms with van der Waals surface area (Å²) >= 11 is 0. The molecule has 0 spiro atoms. The molecule has 4 atom stereocenters. The molecule has 0 saturated carbocycles. The molecule has 0 saturated heterocycles. The molecular formula is C15H30O7. The van der Waals surface area contributed by atoms with Crippen LogP contribution in [0, 0.1) is 0 Å². The average molecular weight is 322 g/mol. The van der Waals surface area contributed by atoms with E-state index in [0.29, 0.717) is 19.8 Å². The number of hydrogen-bond donors (Lipinski definition) is 3. The van der Waals surface area contributed by atoms with Gasteiger partial charge in [-0.05, 0) is 27.7 Å². The zero-order valence-electron chi connectivity index (χ0n) is 13.9. The van der Waals surface area contributed by atoms with Crippen LogP contribution in [0.4, 0.5) is 0 Å². The molecule has 0 radical (unpaired) electrons. The molecule has 4 unspecified atom stereocenters. The first-order valence-corrected chi connectivity index (χ1v) is 7.21. The number of ether oxygens (including phenoxy) is 3. The SMILES string of the molecule is C=CC(=O)O.CC(O)COC(C)COC(C)COC(C)CO. The van der Waals surface area contributed by atoms with Gasteiger partial charge in [0.25, 0.3) is 0 Å². The lowest BCUT2D eigenvalue weighted by molar-refractivity contribution is -0.131. The fraction of sp³-hybridized carbons (Fsp3) is 0.800. The lowest BCUT2D eigenvalue weighted by atomic mass is 10.3. The van der Waals surface area contributed by atoms with Crippen LogP contribution in [0.1, 0.15) is 27.7 Å². The summed E-state index contributed by atoms with van der Waals surface area (Å²) in [4.78, 5) is 9.25. The third kappa shape index (κ3) is 19.0. The van der Waals surface area contributed by atoms with Crippen LogP contribution in [0.5, 0.6) is 0 Å². The van der Waals surface area contributed by atoms with Gasteiger partial charge in [-0.25, -0.2) is 4.79 Å². The number of aliphatic hydroxyl groups is 2. The van der Waals surface area contributed by atoms with Gasteiger partial charge in [0, 0.05) is 6.08 Å². The second-order valence-corrected chi connectivity index (χ2v) is 5.01. The molecule has 0 aliphatic rings. The van der Waals surface area contributed by atoms with Gasteiger partial charge in [-0.3, -0.25) is 0 Å². The molecule has 0 aromatic rings. The number of carbonyl (C=O) groups is 1. The minimum atomic E-state index is -0.981. The standard InChI is InChI=1S/C12H26O5.C3H4O2/c1-9(14)6-15-11(3)8-17-12(4)7-16-10(2)5-13;1-2-3(4)5/h9-14H,5-8H2,1-4H3;2H,1H2,(H,4,5). The predicted molar refractivity (Wildman–Crippen MR) is 82.8 cm³/mol. The molecule has 0 rings (SSSR count). The van der Waals surface area contributed by atoms with Crippen LogP contribution in [0.25, 0.3) is 0 Å². The Balaban J connectivity index is 0. The maximum Gasteiger partial charge on any atom is 0.327 e. The zero-order valence-corrected chi connectivity index (χ0v) is 13.9. The van der Waals surface area contributed by atoms with Crippen LogP contribution >= 0.6 is 0 Å². The van der Waals surface area contributed by atoms with E-state index in [4.69, 9.17) is 29.5 Å². The van der Waals surface area contributed by atoms with Gasteiger partial charge in [0.1, 0.15) is 0 Å². The van der Waals surface area contributed by atoms with Gasteiger partial charge >= 0.3 is 5.97 Å². The molecule has 0 aromatic carbocycles. The smallest absolute Gasteiger partial charge is 0.327 e. The Kier molecular flexibility index (Phi) is 15.8. The Labute approximate surface area is 132 Å². The van der Waals surface area contributed by atoms with E-state index in [0.717, 1.165) is 6.08 Å². The van der Waals surface area contributed by atoms with Gasteiger partial charge in [-0.1, -0.05) is 6.58 Å². The Hall–Kier alpha value is -0.990. The van der Waals surface area contributed by atoms with E-state index in [-0.39, 0.29) is 24.9 Å². The first-order chi connectivity index (χ1) is 10.2. The second kappa shape index (κ2) is 14.9. The van der Waals surface area contributed by atoms with Crippen molar-refractivity contribution in [3.8, 4) is 0 Å². The maximum absolute atomic E-state index is 9.25. The summed E-state index contributed by atoms with van der Waals surface area (Å²) in [6.07, 6.45) is 0.123. The molecule has 7 heteroatoms. The van der Waals surface area contributed by atoms with Crippen molar-refractivity contribution in [3.05, 3.63) is 12.7 Å². The fourth-order valence-corrected chi connectivity index (χ4v) is 1.05. The van der Waals surface area contributed by atoms with E-state index in [1.807, 2.05) is 13.8 Å². The lowest BCUT2D eigenvalue weighted by Crippen LogP contribution is -2.27. The maximum atomic E-state index is 9.25. The summed E-state index contributed by atoms with van der Waals surface area (Å²) < 4.78 is 16.2. The molecule has 0 aliphatic carbocycles. The first-order valence-electron chi connectivity index (χ1n) is 7.21. The van der Waals surface area contributed by atoms with Gasteiger partial charge in [-0.15, -0.1) is 0 Å². The largest absolute Gasteiger partial charge is 0.478 e. The van der Waals surface area contributed by atoms with Crippen LogP contribution in [0.3, 0.4) is 0 Å². The summed E-state index contributed by atoms with van der Waals surface area (Å²) in [5.41, 5.74) is 0. The van der Waals surface area contributed by atoms with E-state index in [1.165, 1.54) is 0 Å². The van der Waals surface area contributed by atoms with E-state index in [1.54, 1.807) is 13.8 Å². The van der Waals surface area contributed by atoms with Crippen molar-refractivity contribution >= 4 is 5.97 Å². The van der Waals surface area contributed by atoms with E-state index >= 15 is 0 Å². The molecule has 0 aliphatic heterocycles. The number of aliphatic carboxylic acids is 1. The van der Waals surface area contributed by atoms with Gasteiger partial charge in [0.2, 0.25) is 0 Å². The van der Waals surface area contributed by atoms with Crippen molar-refractivity contribution in [2.24, 2.45) is 0 Å². The Morgan fingerprint density at radius 3 is 1.68 bits per heavy atom. The van der Waals surface area contributed by atoms with Gasteiger partial charge < -0.3 is 29.5 Å². The number of hydrogen-bond acceptors (Lipinski definition) is 6. The van der Waals surface area contributed by atoms with E-state index in [2.05, 4.69) is 6.58 Å². The molecular weight excluding hydrogens is 292 g/mol. The third-order valence-corrected chi connectivity index (χ3v) is 2.28. The van der Waals surface area contributed by atoms with Crippen molar-refractivity contribution in [1.29, 1.82) is 0 Å². The van der Waals surface area contributed by atoms with E-state index in [9.17, 15) is 4.79 Å². The molecule has 0 bridgehead atoms. The van der Waals surface area contributed by atoms with Crippen molar-refractivity contribution < 1.29 is 34.3 Å². The highest BCUT2D eigenvalue weighted by Crippen LogP contribution is 2.00. The van der Waals surface area contributed by atoms with Crippen molar-refractivity contribution in [2.45, 2.75) is 52.1 Å². The number of aliphatic hydroxyl groups excluding tert-OH is 2. The molecule has 0 fully saturated rings. The molecule has 3 N–H and O–H groups in total. The minimum absolute atomic E-state index is 0.0145. The van der Waals surface area contributed by atoms with Crippen molar-refractivity contribution in [1.82, 2.24) is 0 Å². The fourth-order valence-electron chi connectivity index (χ4n) is 1.05. The average Bonchev–Trinajstić information content (AvgIpc) is 2.48. The number of rotatable bonds is 11.